The van der Waals surface area contributed by atoms with Crippen LogP contribution < -0.4 is 10.1 Å². The van der Waals surface area contributed by atoms with E-state index in [2.05, 4.69) is 26.4 Å². The minimum atomic E-state index is -1.10. The van der Waals surface area contributed by atoms with Crippen LogP contribution in [0.3, 0.4) is 0 Å². The number of nitrogens with one attached hydrogen (secondary N) is 1. The van der Waals surface area contributed by atoms with Crippen molar-refractivity contribution in [3.63, 3.8) is 0 Å². The van der Waals surface area contributed by atoms with Gasteiger partial charge in [0.05, 0.1) is 15.9 Å². The average molecular weight is 443 g/mol. The van der Waals surface area contributed by atoms with Crippen LogP contribution >= 0.6 is 11.3 Å². The Bertz CT molecular complexity index is 1400. The van der Waals surface area contributed by atoms with Crippen molar-refractivity contribution in [2.45, 2.75) is 6.54 Å². The number of para-hydroxylation sites is 1. The summed E-state index contributed by atoms with van der Waals surface area (Å²) in [6.45, 7) is 0.605. The Labute approximate surface area is 186 Å². The molecule has 2 aromatic carbocycles. The van der Waals surface area contributed by atoms with Gasteiger partial charge in [-0.25, -0.2) is 19.4 Å². The lowest BCUT2D eigenvalue weighted by molar-refractivity contribution is 0.0690. The fraction of sp³-hybridized carbons (Fsp3) is 0.0435. The largest absolute Gasteiger partial charge is 0.477 e. The lowest BCUT2D eigenvalue weighted by Gasteiger charge is -2.09. The SMILES string of the molecule is O=C(O)c1cc(Oc2ccc3nc(NCc4ccccc4-n4cccn4)sc3c2)ccn1. The first kappa shape index (κ1) is 19.7. The van der Waals surface area contributed by atoms with E-state index in [4.69, 9.17) is 9.84 Å². The third kappa shape index (κ3) is 4.14. The van der Waals surface area contributed by atoms with Gasteiger partial charge in [-0.1, -0.05) is 29.5 Å². The molecule has 0 aliphatic carbocycles. The molecule has 158 valence electrons. The van der Waals surface area contributed by atoms with Crippen LogP contribution in [0.4, 0.5) is 5.13 Å². The summed E-state index contributed by atoms with van der Waals surface area (Å²) in [7, 11) is 0. The van der Waals surface area contributed by atoms with Crippen LogP contribution in [0.25, 0.3) is 15.9 Å². The lowest BCUT2D eigenvalue weighted by Crippen LogP contribution is -2.05. The van der Waals surface area contributed by atoms with Gasteiger partial charge in [0.25, 0.3) is 0 Å². The average Bonchev–Trinajstić information content (AvgIpc) is 3.48. The number of hydrogen-bond acceptors (Lipinski definition) is 7. The molecule has 9 heteroatoms. The predicted molar refractivity (Wildman–Crippen MR) is 122 cm³/mol. The third-order valence-electron chi connectivity index (χ3n) is 4.72. The van der Waals surface area contributed by atoms with Crippen LogP contribution in [-0.4, -0.2) is 30.8 Å². The van der Waals surface area contributed by atoms with E-state index in [0.717, 1.165) is 26.6 Å². The fourth-order valence-corrected chi connectivity index (χ4v) is 4.13. The van der Waals surface area contributed by atoms with Crippen molar-refractivity contribution in [3.05, 3.63) is 90.5 Å². The molecule has 0 atom stereocenters. The number of carbonyl (C=O) groups is 1. The summed E-state index contributed by atoms with van der Waals surface area (Å²) >= 11 is 1.52. The number of rotatable bonds is 7. The van der Waals surface area contributed by atoms with E-state index < -0.39 is 5.97 Å². The van der Waals surface area contributed by atoms with E-state index in [1.807, 2.05) is 47.3 Å². The van der Waals surface area contributed by atoms with Gasteiger partial charge in [0, 0.05) is 37.3 Å². The zero-order valence-corrected chi connectivity index (χ0v) is 17.5. The normalized spacial score (nSPS) is 10.9. The van der Waals surface area contributed by atoms with Gasteiger partial charge in [0.15, 0.2) is 10.8 Å². The zero-order valence-electron chi connectivity index (χ0n) is 16.7. The maximum atomic E-state index is 11.1. The number of carboxylic acid groups (broad SMARTS) is 1. The van der Waals surface area contributed by atoms with E-state index in [-0.39, 0.29) is 5.69 Å². The van der Waals surface area contributed by atoms with Crippen LogP contribution in [0.1, 0.15) is 16.1 Å². The molecule has 0 saturated heterocycles. The molecule has 5 rings (SSSR count). The molecular weight excluding hydrogens is 426 g/mol. The van der Waals surface area contributed by atoms with E-state index in [1.54, 1.807) is 18.3 Å². The van der Waals surface area contributed by atoms with Crippen LogP contribution in [0, 0.1) is 0 Å². The number of carboxylic acids is 1. The maximum absolute atomic E-state index is 11.1. The molecular formula is C23H17N5O3S. The van der Waals surface area contributed by atoms with Gasteiger partial charge in [-0.05, 0) is 35.9 Å². The Hall–Kier alpha value is -4.24. The number of benzene rings is 2. The number of nitrogens with zero attached hydrogens (tertiary/aromatic N) is 4. The Kier molecular flexibility index (Phi) is 5.22. The lowest BCUT2D eigenvalue weighted by atomic mass is 10.2. The Morgan fingerprint density at radius 3 is 2.78 bits per heavy atom. The number of aromatic nitrogens is 4. The van der Waals surface area contributed by atoms with Crippen molar-refractivity contribution >= 4 is 32.7 Å². The second kappa shape index (κ2) is 8.48. The third-order valence-corrected chi connectivity index (χ3v) is 5.69. The highest BCUT2D eigenvalue weighted by molar-refractivity contribution is 7.22. The van der Waals surface area contributed by atoms with Crippen LogP contribution in [0.5, 0.6) is 11.5 Å². The van der Waals surface area contributed by atoms with Gasteiger partial charge >= 0.3 is 5.97 Å². The number of hydrogen-bond donors (Lipinski definition) is 2. The van der Waals surface area contributed by atoms with Gasteiger partial charge < -0.3 is 15.2 Å². The zero-order chi connectivity index (χ0) is 21.9. The van der Waals surface area contributed by atoms with Gasteiger partial charge in [-0.2, -0.15) is 5.10 Å². The Morgan fingerprint density at radius 2 is 1.94 bits per heavy atom. The monoisotopic (exact) mass is 443 g/mol. The van der Waals surface area contributed by atoms with E-state index in [9.17, 15) is 4.79 Å². The molecule has 0 amide bonds. The topological polar surface area (TPSA) is 102 Å². The summed E-state index contributed by atoms with van der Waals surface area (Å²) in [4.78, 5) is 19.5. The first-order valence-electron chi connectivity index (χ1n) is 9.75. The van der Waals surface area contributed by atoms with Crippen LogP contribution in [0.15, 0.2) is 79.3 Å². The molecule has 2 N–H and O–H groups in total. The highest BCUT2D eigenvalue weighted by Crippen LogP contribution is 2.31. The summed E-state index contributed by atoms with van der Waals surface area (Å²) in [5.74, 6) is -0.0904. The number of ether oxygens (including phenoxy) is 1. The summed E-state index contributed by atoms with van der Waals surface area (Å²) in [6.07, 6.45) is 5.08. The minimum absolute atomic E-state index is 0.0664. The summed E-state index contributed by atoms with van der Waals surface area (Å²) < 4.78 is 8.62. The molecule has 3 heterocycles. The summed E-state index contributed by atoms with van der Waals surface area (Å²) in [5, 5.41) is 17.6. The number of thiazole rings is 1. The van der Waals surface area contributed by atoms with Crippen LogP contribution in [0.2, 0.25) is 0 Å². The van der Waals surface area contributed by atoms with Crippen molar-refractivity contribution in [1.82, 2.24) is 19.7 Å². The number of pyridine rings is 1. The van der Waals surface area contributed by atoms with Crippen molar-refractivity contribution in [3.8, 4) is 17.2 Å². The highest BCUT2D eigenvalue weighted by Gasteiger charge is 2.10. The summed E-state index contributed by atoms with van der Waals surface area (Å²) in [5.41, 5.74) is 2.90. The van der Waals surface area contributed by atoms with Gasteiger partial charge in [0.2, 0.25) is 0 Å². The van der Waals surface area contributed by atoms with Crippen molar-refractivity contribution in [2.75, 3.05) is 5.32 Å². The van der Waals surface area contributed by atoms with Crippen molar-refractivity contribution in [1.29, 1.82) is 0 Å². The maximum Gasteiger partial charge on any atom is 0.354 e. The molecule has 0 saturated carbocycles. The first-order chi connectivity index (χ1) is 15.7. The van der Waals surface area contributed by atoms with Gasteiger partial charge in [0.1, 0.15) is 11.5 Å². The smallest absolute Gasteiger partial charge is 0.354 e. The van der Waals surface area contributed by atoms with E-state index >= 15 is 0 Å². The quantitative estimate of drug-likeness (QED) is 0.366. The number of anilines is 1. The Morgan fingerprint density at radius 1 is 1.06 bits per heavy atom. The van der Waals surface area contributed by atoms with E-state index in [0.29, 0.717) is 18.0 Å². The molecule has 0 fully saturated rings. The highest BCUT2D eigenvalue weighted by atomic mass is 32.1. The predicted octanol–water partition coefficient (Wildman–Crippen LogP) is 4.98. The number of fused-ring (bicyclic) bond motifs is 1. The molecule has 0 bridgehead atoms. The molecule has 32 heavy (non-hydrogen) atoms. The molecule has 0 radical (unpaired) electrons. The fourth-order valence-electron chi connectivity index (χ4n) is 3.24. The van der Waals surface area contributed by atoms with Gasteiger partial charge in [-0.15, -0.1) is 0 Å². The van der Waals surface area contributed by atoms with Crippen molar-refractivity contribution < 1.29 is 14.6 Å². The molecule has 8 nitrogen and oxygen atoms in total. The second-order valence-corrected chi connectivity index (χ2v) is 7.90. The Balaban J connectivity index is 1.33. The molecule has 0 unspecified atom stereocenters. The van der Waals surface area contributed by atoms with E-state index in [1.165, 1.54) is 23.6 Å². The molecule has 3 aromatic heterocycles. The van der Waals surface area contributed by atoms with Crippen molar-refractivity contribution in [2.24, 2.45) is 0 Å². The van der Waals surface area contributed by atoms with Crippen LogP contribution in [-0.2, 0) is 6.54 Å². The second-order valence-electron chi connectivity index (χ2n) is 6.87. The van der Waals surface area contributed by atoms with Gasteiger partial charge in [-0.3, -0.25) is 0 Å². The minimum Gasteiger partial charge on any atom is -0.477 e. The first-order valence-corrected chi connectivity index (χ1v) is 10.6. The molecule has 5 aromatic rings. The molecule has 0 spiro atoms. The summed E-state index contributed by atoms with van der Waals surface area (Å²) in [6, 6.07) is 18.6. The standard InChI is InChI=1S/C23H17N5O3S/c29-22(30)19-12-17(8-10-24-19)31-16-6-7-18-21(13-16)32-23(27-18)25-14-15-4-1-2-5-20(15)28-11-3-9-26-28/h1-13H,14H2,(H,25,27)(H,29,30). The number of aromatic carboxylic acids is 1. The molecule has 0 aliphatic heterocycles. The molecule has 0 aliphatic rings.